The molecule has 1 saturated heterocycles. The number of nitrogens with zero attached hydrogens (tertiary/aromatic N) is 2. The number of hydrogen-bond donors (Lipinski definition) is 0. The minimum atomic E-state index is 0.0354. The number of aromatic nitrogens is 1. The maximum absolute atomic E-state index is 12.7. The number of amides is 1. The van der Waals surface area contributed by atoms with Crippen LogP contribution in [0.1, 0.15) is 59.3 Å². The van der Waals surface area contributed by atoms with Gasteiger partial charge in [-0.1, -0.05) is 62.4 Å². The monoisotopic (exact) mass is 384 g/mol. The molecular weight excluding hydrogens is 356 g/mol. The van der Waals surface area contributed by atoms with Crippen LogP contribution in [0.15, 0.2) is 66.9 Å². The van der Waals surface area contributed by atoms with Crippen LogP contribution in [0.5, 0.6) is 0 Å². The van der Waals surface area contributed by atoms with Gasteiger partial charge in [-0.3, -0.25) is 9.78 Å². The predicted molar refractivity (Wildman–Crippen MR) is 118 cm³/mol. The molecule has 0 radical (unpaired) electrons. The Bertz CT molecular complexity index is 1010. The minimum absolute atomic E-state index is 0.0354. The molecule has 148 valence electrons. The van der Waals surface area contributed by atoms with Crippen molar-refractivity contribution in [1.82, 2.24) is 9.88 Å². The van der Waals surface area contributed by atoms with Crippen LogP contribution in [-0.4, -0.2) is 28.9 Å². The first-order chi connectivity index (χ1) is 14.0. The van der Waals surface area contributed by atoms with Gasteiger partial charge in [-0.05, 0) is 59.2 Å². The third-order valence-corrected chi connectivity index (χ3v) is 5.96. The van der Waals surface area contributed by atoms with E-state index in [-0.39, 0.29) is 5.91 Å². The number of likely N-dealkylation sites (tertiary alicyclic amines) is 1. The first kappa shape index (κ1) is 19.4. The van der Waals surface area contributed by atoms with E-state index in [0.717, 1.165) is 19.5 Å². The second kappa shape index (κ2) is 8.20. The number of rotatable bonds is 4. The maximum Gasteiger partial charge on any atom is 0.272 e. The summed E-state index contributed by atoms with van der Waals surface area (Å²) in [6.07, 6.45) is 2.68. The van der Waals surface area contributed by atoms with E-state index in [4.69, 9.17) is 0 Å². The summed E-state index contributed by atoms with van der Waals surface area (Å²) in [5.41, 5.74) is 7.16. The molecule has 2 aromatic carbocycles. The van der Waals surface area contributed by atoms with Gasteiger partial charge in [0.1, 0.15) is 5.69 Å². The Morgan fingerprint density at radius 2 is 1.86 bits per heavy atom. The molecule has 2 heterocycles. The number of carbonyl (C=O) groups excluding carboxylic acids is 1. The van der Waals surface area contributed by atoms with Crippen molar-refractivity contribution in [2.75, 3.05) is 13.1 Å². The number of aryl methyl sites for hydroxylation is 1. The molecule has 1 fully saturated rings. The van der Waals surface area contributed by atoms with Crippen molar-refractivity contribution in [3.63, 3.8) is 0 Å². The molecule has 0 spiro atoms. The number of hydrogen-bond acceptors (Lipinski definition) is 2. The van der Waals surface area contributed by atoms with Crippen molar-refractivity contribution >= 4 is 5.91 Å². The normalized spacial score (nSPS) is 16.4. The lowest BCUT2D eigenvalue weighted by atomic mass is 9.88. The molecule has 0 bridgehead atoms. The summed E-state index contributed by atoms with van der Waals surface area (Å²) < 4.78 is 0. The van der Waals surface area contributed by atoms with Gasteiger partial charge in [0.05, 0.1) is 0 Å². The molecular formula is C26H28N2O. The van der Waals surface area contributed by atoms with Crippen LogP contribution in [0.25, 0.3) is 11.1 Å². The third kappa shape index (κ3) is 3.95. The molecule has 1 aromatic heterocycles. The van der Waals surface area contributed by atoms with Gasteiger partial charge >= 0.3 is 0 Å². The first-order valence-corrected chi connectivity index (χ1v) is 10.4. The van der Waals surface area contributed by atoms with Crippen LogP contribution in [0.2, 0.25) is 0 Å². The summed E-state index contributed by atoms with van der Waals surface area (Å²) in [7, 11) is 0. The molecule has 1 aliphatic rings. The maximum atomic E-state index is 12.7. The van der Waals surface area contributed by atoms with E-state index < -0.39 is 0 Å². The molecule has 3 heteroatoms. The SMILES string of the molecule is Cc1cc(-c2ccccc2C(C)C)ccc1C1CCN(C(=O)c2ccccn2)C1. The van der Waals surface area contributed by atoms with Gasteiger partial charge in [-0.2, -0.15) is 0 Å². The van der Waals surface area contributed by atoms with Crippen LogP contribution >= 0.6 is 0 Å². The first-order valence-electron chi connectivity index (χ1n) is 10.4. The number of benzene rings is 2. The zero-order chi connectivity index (χ0) is 20.4. The number of pyridine rings is 1. The summed E-state index contributed by atoms with van der Waals surface area (Å²) in [6.45, 7) is 8.23. The molecule has 1 unspecified atom stereocenters. The standard InChI is InChI=1S/C26H28N2O/c1-18(2)22-8-4-5-9-24(22)20-11-12-23(19(3)16-20)21-13-15-28(17-21)26(29)25-10-6-7-14-27-25/h4-12,14,16,18,21H,13,15,17H2,1-3H3. The van der Waals surface area contributed by atoms with Crippen molar-refractivity contribution < 1.29 is 4.79 Å². The van der Waals surface area contributed by atoms with Crippen molar-refractivity contribution in [3.8, 4) is 11.1 Å². The lowest BCUT2D eigenvalue weighted by molar-refractivity contribution is 0.0785. The van der Waals surface area contributed by atoms with Crippen LogP contribution in [-0.2, 0) is 0 Å². The van der Waals surface area contributed by atoms with Crippen LogP contribution in [0.3, 0.4) is 0 Å². The van der Waals surface area contributed by atoms with E-state index in [0.29, 0.717) is 17.5 Å². The van der Waals surface area contributed by atoms with Gasteiger partial charge in [0, 0.05) is 25.2 Å². The van der Waals surface area contributed by atoms with E-state index >= 15 is 0 Å². The van der Waals surface area contributed by atoms with E-state index in [1.54, 1.807) is 12.3 Å². The van der Waals surface area contributed by atoms with E-state index in [9.17, 15) is 4.79 Å². The Balaban J connectivity index is 1.55. The van der Waals surface area contributed by atoms with E-state index in [1.165, 1.54) is 27.8 Å². The Morgan fingerprint density at radius 1 is 1.07 bits per heavy atom. The van der Waals surface area contributed by atoms with Crippen LogP contribution in [0, 0.1) is 6.92 Å². The average molecular weight is 385 g/mol. The Kier molecular flexibility index (Phi) is 5.48. The Morgan fingerprint density at radius 3 is 2.59 bits per heavy atom. The third-order valence-electron chi connectivity index (χ3n) is 5.96. The Labute approximate surface area is 173 Å². The quantitative estimate of drug-likeness (QED) is 0.569. The molecule has 0 aliphatic carbocycles. The molecule has 1 atom stereocenters. The predicted octanol–water partition coefficient (Wildman–Crippen LogP) is 5.81. The highest BCUT2D eigenvalue weighted by molar-refractivity contribution is 5.92. The van der Waals surface area contributed by atoms with Gasteiger partial charge in [0.25, 0.3) is 5.91 Å². The molecule has 0 N–H and O–H groups in total. The largest absolute Gasteiger partial charge is 0.337 e. The fourth-order valence-electron chi connectivity index (χ4n) is 4.41. The fourth-order valence-corrected chi connectivity index (χ4v) is 4.41. The lowest BCUT2D eigenvalue weighted by Gasteiger charge is -2.19. The van der Waals surface area contributed by atoms with Gasteiger partial charge in [0.15, 0.2) is 0 Å². The smallest absolute Gasteiger partial charge is 0.272 e. The van der Waals surface area contributed by atoms with Gasteiger partial charge in [-0.25, -0.2) is 0 Å². The van der Waals surface area contributed by atoms with Crippen molar-refractivity contribution in [3.05, 3.63) is 89.2 Å². The topological polar surface area (TPSA) is 33.2 Å². The van der Waals surface area contributed by atoms with E-state index in [2.05, 4.69) is 68.2 Å². The molecule has 29 heavy (non-hydrogen) atoms. The summed E-state index contributed by atoms with van der Waals surface area (Å²) in [5, 5.41) is 0. The molecule has 3 aromatic rings. The highest BCUT2D eigenvalue weighted by Crippen LogP contribution is 2.34. The summed E-state index contributed by atoms with van der Waals surface area (Å²) in [6, 6.07) is 21.0. The zero-order valence-corrected chi connectivity index (χ0v) is 17.4. The second-order valence-corrected chi connectivity index (χ2v) is 8.27. The van der Waals surface area contributed by atoms with Crippen molar-refractivity contribution in [2.24, 2.45) is 0 Å². The Hall–Kier alpha value is -2.94. The van der Waals surface area contributed by atoms with Gasteiger partial charge < -0.3 is 4.90 Å². The van der Waals surface area contributed by atoms with Gasteiger partial charge in [0.2, 0.25) is 0 Å². The highest BCUT2D eigenvalue weighted by Gasteiger charge is 2.29. The minimum Gasteiger partial charge on any atom is -0.337 e. The number of carbonyl (C=O) groups is 1. The molecule has 1 amide bonds. The lowest BCUT2D eigenvalue weighted by Crippen LogP contribution is -2.29. The second-order valence-electron chi connectivity index (χ2n) is 8.27. The van der Waals surface area contributed by atoms with Crippen LogP contribution < -0.4 is 0 Å². The summed E-state index contributed by atoms with van der Waals surface area (Å²) in [4.78, 5) is 18.9. The average Bonchev–Trinajstić information content (AvgIpc) is 3.23. The fraction of sp³-hybridized carbons (Fsp3) is 0.308. The summed E-state index contributed by atoms with van der Waals surface area (Å²) >= 11 is 0. The molecule has 4 rings (SSSR count). The van der Waals surface area contributed by atoms with Gasteiger partial charge in [-0.15, -0.1) is 0 Å². The van der Waals surface area contributed by atoms with Crippen molar-refractivity contribution in [1.29, 1.82) is 0 Å². The molecule has 0 saturated carbocycles. The summed E-state index contributed by atoms with van der Waals surface area (Å²) in [5.74, 6) is 0.914. The zero-order valence-electron chi connectivity index (χ0n) is 17.4. The highest BCUT2D eigenvalue weighted by atomic mass is 16.2. The molecule has 3 nitrogen and oxygen atoms in total. The molecule has 1 aliphatic heterocycles. The van der Waals surface area contributed by atoms with Crippen molar-refractivity contribution in [2.45, 2.75) is 39.0 Å². The van der Waals surface area contributed by atoms with Crippen LogP contribution in [0.4, 0.5) is 0 Å². The van der Waals surface area contributed by atoms with E-state index in [1.807, 2.05) is 17.0 Å².